The Hall–Kier alpha value is -3.95. The van der Waals surface area contributed by atoms with E-state index in [9.17, 15) is 5.26 Å². The molecule has 0 aliphatic carbocycles. The molecule has 0 amide bonds. The third kappa shape index (κ3) is 6.43. The van der Waals surface area contributed by atoms with Gasteiger partial charge in [0.15, 0.2) is 11.5 Å². The fraction of sp³-hybridized carbons (Fsp3) is 0.0909. The molecule has 7 heteroatoms. The van der Waals surface area contributed by atoms with Gasteiger partial charge in [0.05, 0.1) is 18.4 Å². The maximum Gasteiger partial charge on any atom is 0.161 e. The van der Waals surface area contributed by atoms with Crippen LogP contribution in [0.3, 0.4) is 0 Å². The number of thioether (sulfide) groups is 1. The molecule has 0 saturated heterocycles. The first-order valence-corrected chi connectivity index (χ1v) is 14.2. The number of methoxy groups -OCH3 is 1. The number of pyridine rings is 1. The van der Waals surface area contributed by atoms with Crippen molar-refractivity contribution in [2.45, 2.75) is 17.4 Å². The molecule has 0 aliphatic rings. The van der Waals surface area contributed by atoms with Crippen LogP contribution in [-0.2, 0) is 12.4 Å². The van der Waals surface area contributed by atoms with Crippen molar-refractivity contribution < 1.29 is 9.47 Å². The molecule has 0 saturated carbocycles. The average Bonchev–Trinajstić information content (AvgIpc) is 3.00. The second-order valence-electron chi connectivity index (χ2n) is 8.88. The van der Waals surface area contributed by atoms with E-state index in [1.165, 1.54) is 11.8 Å². The smallest absolute Gasteiger partial charge is 0.161 e. The number of aromatic nitrogens is 1. The highest BCUT2D eigenvalue weighted by Crippen LogP contribution is 2.39. The van der Waals surface area contributed by atoms with Crippen molar-refractivity contribution in [3.05, 3.63) is 130 Å². The van der Waals surface area contributed by atoms with E-state index in [0.717, 1.165) is 33.5 Å². The van der Waals surface area contributed by atoms with E-state index in [1.807, 2.05) is 97.1 Å². The van der Waals surface area contributed by atoms with Crippen molar-refractivity contribution in [3.8, 4) is 40.0 Å². The SMILES string of the molecule is COc1cc(-c2cc(-c3ccccc3)nc(SCc3ccc(Cl)cc3Cl)c2C#N)ccc1OCc1ccccc1. The van der Waals surface area contributed by atoms with Crippen LogP contribution in [0.1, 0.15) is 16.7 Å². The molecule has 1 aromatic heterocycles. The lowest BCUT2D eigenvalue weighted by atomic mass is 9.99. The van der Waals surface area contributed by atoms with Crippen LogP contribution < -0.4 is 9.47 Å². The van der Waals surface area contributed by atoms with Gasteiger partial charge in [-0.3, -0.25) is 0 Å². The van der Waals surface area contributed by atoms with Crippen molar-refractivity contribution in [2.75, 3.05) is 7.11 Å². The van der Waals surface area contributed by atoms with Crippen molar-refractivity contribution in [1.29, 1.82) is 5.26 Å². The predicted octanol–water partition coefficient (Wildman–Crippen LogP) is 9.47. The maximum absolute atomic E-state index is 10.3. The summed E-state index contributed by atoms with van der Waals surface area (Å²) in [6.45, 7) is 0.418. The van der Waals surface area contributed by atoms with Crippen molar-refractivity contribution in [1.82, 2.24) is 4.98 Å². The Morgan fingerprint density at radius 3 is 2.27 bits per heavy atom. The highest BCUT2D eigenvalue weighted by Gasteiger charge is 2.18. The Labute approximate surface area is 248 Å². The third-order valence-corrected chi connectivity index (χ3v) is 7.87. The summed E-state index contributed by atoms with van der Waals surface area (Å²) in [6, 6.07) is 35.3. The van der Waals surface area contributed by atoms with Gasteiger partial charge < -0.3 is 9.47 Å². The van der Waals surface area contributed by atoms with E-state index < -0.39 is 0 Å². The molecule has 1 heterocycles. The molecule has 198 valence electrons. The second kappa shape index (κ2) is 12.9. The fourth-order valence-electron chi connectivity index (χ4n) is 4.19. The minimum Gasteiger partial charge on any atom is -0.493 e. The molecule has 0 fully saturated rings. The molecule has 5 aromatic rings. The van der Waals surface area contributed by atoms with Crippen LogP contribution in [0.15, 0.2) is 108 Å². The molecule has 40 heavy (non-hydrogen) atoms. The van der Waals surface area contributed by atoms with Gasteiger partial charge in [0.2, 0.25) is 0 Å². The van der Waals surface area contributed by atoms with Gasteiger partial charge in [-0.15, -0.1) is 11.8 Å². The summed E-state index contributed by atoms with van der Waals surface area (Å²) < 4.78 is 11.7. The van der Waals surface area contributed by atoms with E-state index in [1.54, 1.807) is 13.2 Å². The van der Waals surface area contributed by atoms with Crippen molar-refractivity contribution in [3.63, 3.8) is 0 Å². The quantitative estimate of drug-likeness (QED) is 0.162. The standard InChI is InChI=1S/C33H24Cl2N2O2S/c1-38-32-16-24(13-15-31(32)39-20-22-8-4-2-5-9-22)27-18-30(23-10-6-3-7-11-23)37-33(28(27)19-36)40-21-25-12-14-26(34)17-29(25)35/h2-18H,20-21H2,1H3. The number of hydrogen-bond acceptors (Lipinski definition) is 5. The number of rotatable bonds is 9. The van der Waals surface area contributed by atoms with Gasteiger partial charge in [-0.25, -0.2) is 4.98 Å². The monoisotopic (exact) mass is 582 g/mol. The first-order chi connectivity index (χ1) is 19.6. The number of benzene rings is 4. The molecule has 0 N–H and O–H groups in total. The zero-order valence-electron chi connectivity index (χ0n) is 21.6. The predicted molar refractivity (Wildman–Crippen MR) is 163 cm³/mol. The Kier molecular flexibility index (Phi) is 8.93. The Bertz CT molecular complexity index is 1670. The summed E-state index contributed by atoms with van der Waals surface area (Å²) in [6.07, 6.45) is 0. The normalized spacial score (nSPS) is 10.7. The number of halogens is 2. The van der Waals surface area contributed by atoms with Crippen LogP contribution in [0.25, 0.3) is 22.4 Å². The van der Waals surface area contributed by atoms with Gasteiger partial charge in [0.1, 0.15) is 17.7 Å². The Morgan fingerprint density at radius 1 is 0.825 bits per heavy atom. The molecule has 0 atom stereocenters. The molecule has 0 aliphatic heterocycles. The zero-order valence-corrected chi connectivity index (χ0v) is 23.9. The fourth-order valence-corrected chi connectivity index (χ4v) is 5.75. The van der Waals surface area contributed by atoms with E-state index >= 15 is 0 Å². The summed E-state index contributed by atoms with van der Waals surface area (Å²) in [7, 11) is 1.61. The first-order valence-electron chi connectivity index (χ1n) is 12.5. The first kappa shape index (κ1) is 27.6. The van der Waals surface area contributed by atoms with Crippen LogP contribution in [-0.4, -0.2) is 12.1 Å². The van der Waals surface area contributed by atoms with E-state index in [-0.39, 0.29) is 0 Å². The molecule has 4 aromatic carbocycles. The van der Waals surface area contributed by atoms with Gasteiger partial charge in [0, 0.05) is 26.9 Å². The average molecular weight is 584 g/mol. The molecule has 0 bridgehead atoms. The topological polar surface area (TPSA) is 55.1 Å². The van der Waals surface area contributed by atoms with Crippen LogP contribution in [0.5, 0.6) is 11.5 Å². The molecule has 5 rings (SSSR count). The van der Waals surface area contributed by atoms with Crippen LogP contribution in [0.4, 0.5) is 0 Å². The van der Waals surface area contributed by atoms with Crippen LogP contribution in [0, 0.1) is 11.3 Å². The lowest BCUT2D eigenvalue weighted by molar-refractivity contribution is 0.284. The highest BCUT2D eigenvalue weighted by molar-refractivity contribution is 7.98. The number of nitriles is 1. The minimum absolute atomic E-state index is 0.418. The number of hydrogen-bond donors (Lipinski definition) is 0. The van der Waals surface area contributed by atoms with E-state index in [0.29, 0.717) is 44.5 Å². The lowest BCUT2D eigenvalue weighted by Gasteiger charge is -2.15. The number of nitrogens with zero attached hydrogens (tertiary/aromatic N) is 2. The maximum atomic E-state index is 10.3. The van der Waals surface area contributed by atoms with Crippen LogP contribution in [0.2, 0.25) is 10.0 Å². The summed E-state index contributed by atoms with van der Waals surface area (Å²) in [4.78, 5) is 4.90. The molecule has 0 radical (unpaired) electrons. The summed E-state index contributed by atoms with van der Waals surface area (Å²) in [5.74, 6) is 1.74. The van der Waals surface area contributed by atoms with Gasteiger partial charge in [-0.05, 0) is 47.0 Å². The van der Waals surface area contributed by atoms with Gasteiger partial charge in [-0.2, -0.15) is 5.26 Å². The lowest BCUT2D eigenvalue weighted by Crippen LogP contribution is -1.99. The molecular formula is C33H24Cl2N2O2S. The Balaban J connectivity index is 1.54. The van der Waals surface area contributed by atoms with Gasteiger partial charge in [-0.1, -0.05) is 96.0 Å². The van der Waals surface area contributed by atoms with Crippen LogP contribution >= 0.6 is 35.0 Å². The second-order valence-corrected chi connectivity index (χ2v) is 10.7. The number of ether oxygens (including phenoxy) is 2. The molecule has 0 spiro atoms. The van der Waals surface area contributed by atoms with Gasteiger partial charge in [0.25, 0.3) is 0 Å². The largest absolute Gasteiger partial charge is 0.493 e. The van der Waals surface area contributed by atoms with Crippen molar-refractivity contribution >= 4 is 35.0 Å². The minimum atomic E-state index is 0.418. The molecule has 4 nitrogen and oxygen atoms in total. The molecule has 0 unspecified atom stereocenters. The summed E-state index contributed by atoms with van der Waals surface area (Å²) >= 11 is 14.0. The van der Waals surface area contributed by atoms with E-state index in [4.69, 9.17) is 37.7 Å². The third-order valence-electron chi connectivity index (χ3n) is 6.26. The van der Waals surface area contributed by atoms with Crippen molar-refractivity contribution in [2.24, 2.45) is 0 Å². The highest BCUT2D eigenvalue weighted by atomic mass is 35.5. The zero-order chi connectivity index (χ0) is 27.9. The summed E-state index contributed by atoms with van der Waals surface area (Å²) in [5.41, 5.74) is 5.76. The van der Waals surface area contributed by atoms with Gasteiger partial charge >= 0.3 is 0 Å². The Morgan fingerprint density at radius 2 is 1.57 bits per heavy atom. The van der Waals surface area contributed by atoms with E-state index in [2.05, 4.69) is 6.07 Å². The summed E-state index contributed by atoms with van der Waals surface area (Å²) in [5, 5.41) is 12.1. The molecular weight excluding hydrogens is 559 g/mol.